The molecule has 4 rings (SSSR count). The lowest BCUT2D eigenvalue weighted by Gasteiger charge is -2.10. The minimum absolute atomic E-state index is 0.0142. The molecule has 1 aliphatic carbocycles. The SMILES string of the molecule is CC1C(=O)Nc2ccc(C(=O)CSc3nnnn3C3CCCC3)cc21. The van der Waals surface area contributed by atoms with Crippen molar-refractivity contribution in [3.8, 4) is 0 Å². The Morgan fingerprint density at radius 1 is 1.36 bits per heavy atom. The largest absolute Gasteiger partial charge is 0.325 e. The molecule has 0 bridgehead atoms. The molecule has 0 saturated heterocycles. The van der Waals surface area contributed by atoms with Crippen molar-refractivity contribution in [2.75, 3.05) is 11.1 Å². The molecule has 2 aliphatic rings. The third-order valence-electron chi connectivity index (χ3n) is 4.96. The van der Waals surface area contributed by atoms with E-state index >= 15 is 0 Å². The summed E-state index contributed by atoms with van der Waals surface area (Å²) in [7, 11) is 0. The normalized spacial score (nSPS) is 19.9. The summed E-state index contributed by atoms with van der Waals surface area (Å²) in [5.74, 6) is 0.0526. The molecule has 0 radical (unpaired) electrons. The lowest BCUT2D eigenvalue weighted by molar-refractivity contribution is -0.116. The first-order valence-electron chi connectivity index (χ1n) is 8.52. The molecule has 1 aliphatic heterocycles. The number of nitrogens with zero attached hydrogens (tertiary/aromatic N) is 4. The predicted octanol–water partition coefficient (Wildman–Crippen LogP) is 2.82. The second-order valence-electron chi connectivity index (χ2n) is 6.57. The maximum Gasteiger partial charge on any atom is 0.231 e. The van der Waals surface area contributed by atoms with Crippen molar-refractivity contribution in [3.63, 3.8) is 0 Å². The summed E-state index contributed by atoms with van der Waals surface area (Å²) in [6.07, 6.45) is 4.59. The van der Waals surface area contributed by atoms with Crippen molar-refractivity contribution in [2.24, 2.45) is 0 Å². The molecule has 8 heteroatoms. The molecular formula is C17H19N5O2S. The van der Waals surface area contributed by atoms with E-state index in [4.69, 9.17) is 0 Å². The molecule has 1 aromatic carbocycles. The molecular weight excluding hydrogens is 338 g/mol. The van der Waals surface area contributed by atoms with Crippen LogP contribution in [-0.2, 0) is 4.79 Å². The van der Waals surface area contributed by atoms with Crippen molar-refractivity contribution in [3.05, 3.63) is 29.3 Å². The fraction of sp³-hybridized carbons (Fsp3) is 0.471. The maximum atomic E-state index is 12.6. The van der Waals surface area contributed by atoms with Gasteiger partial charge in [-0.3, -0.25) is 9.59 Å². The Bertz CT molecular complexity index is 828. The highest BCUT2D eigenvalue weighted by Gasteiger charge is 2.27. The van der Waals surface area contributed by atoms with Gasteiger partial charge in [0.1, 0.15) is 0 Å². The number of tetrazole rings is 1. The fourth-order valence-electron chi connectivity index (χ4n) is 3.46. The van der Waals surface area contributed by atoms with E-state index in [0.717, 1.165) is 24.1 Å². The lowest BCUT2D eigenvalue weighted by Crippen LogP contribution is -2.10. The van der Waals surface area contributed by atoms with Gasteiger partial charge >= 0.3 is 0 Å². The maximum absolute atomic E-state index is 12.6. The number of amides is 1. The standard InChI is InChI=1S/C17H19N5O2S/c1-10-13-8-11(6-7-14(13)18-16(10)24)15(23)9-25-17-19-20-21-22(17)12-4-2-3-5-12/h6-8,10,12H,2-5,9H2,1H3,(H,18,24). The quantitative estimate of drug-likeness (QED) is 0.654. The number of fused-ring (bicyclic) bond motifs is 1. The van der Waals surface area contributed by atoms with E-state index < -0.39 is 0 Å². The van der Waals surface area contributed by atoms with Crippen molar-refractivity contribution in [1.82, 2.24) is 20.2 Å². The topological polar surface area (TPSA) is 89.8 Å². The number of rotatable bonds is 5. The Balaban J connectivity index is 1.45. The summed E-state index contributed by atoms with van der Waals surface area (Å²) < 4.78 is 1.86. The molecule has 1 atom stereocenters. The van der Waals surface area contributed by atoms with E-state index in [2.05, 4.69) is 20.8 Å². The van der Waals surface area contributed by atoms with Gasteiger partial charge in [-0.2, -0.15) is 0 Å². The second kappa shape index (κ2) is 6.59. The highest BCUT2D eigenvalue weighted by molar-refractivity contribution is 7.99. The predicted molar refractivity (Wildman–Crippen MR) is 93.9 cm³/mol. The van der Waals surface area contributed by atoms with Crippen molar-refractivity contribution >= 4 is 29.1 Å². The van der Waals surface area contributed by atoms with Crippen LogP contribution in [0.15, 0.2) is 23.4 Å². The number of Topliss-reactive ketones (excluding diaryl/α,β-unsaturated/α-hetero) is 1. The van der Waals surface area contributed by atoms with E-state index in [1.807, 2.05) is 17.7 Å². The van der Waals surface area contributed by atoms with Gasteiger partial charge in [0.2, 0.25) is 11.1 Å². The molecule has 25 heavy (non-hydrogen) atoms. The first-order valence-corrected chi connectivity index (χ1v) is 9.50. The van der Waals surface area contributed by atoms with Crippen LogP contribution in [0.25, 0.3) is 0 Å². The monoisotopic (exact) mass is 357 g/mol. The van der Waals surface area contributed by atoms with Crippen molar-refractivity contribution in [1.29, 1.82) is 0 Å². The lowest BCUT2D eigenvalue weighted by atomic mass is 9.99. The number of benzene rings is 1. The molecule has 2 aromatic rings. The number of carbonyl (C=O) groups excluding carboxylic acids is 2. The molecule has 7 nitrogen and oxygen atoms in total. The molecule has 1 amide bonds. The van der Waals surface area contributed by atoms with Crippen LogP contribution in [0.2, 0.25) is 0 Å². The first-order chi connectivity index (χ1) is 12.1. The van der Waals surface area contributed by atoms with Crippen LogP contribution < -0.4 is 5.32 Å². The second-order valence-corrected chi connectivity index (χ2v) is 7.51. The van der Waals surface area contributed by atoms with Gasteiger partial charge in [-0.25, -0.2) is 4.68 Å². The number of anilines is 1. The first kappa shape index (κ1) is 16.3. The highest BCUT2D eigenvalue weighted by atomic mass is 32.2. The smallest absolute Gasteiger partial charge is 0.231 e. The van der Waals surface area contributed by atoms with E-state index in [9.17, 15) is 9.59 Å². The number of ketones is 1. The van der Waals surface area contributed by atoms with E-state index in [0.29, 0.717) is 16.8 Å². The number of aromatic nitrogens is 4. The third kappa shape index (κ3) is 3.06. The number of hydrogen-bond acceptors (Lipinski definition) is 6. The van der Waals surface area contributed by atoms with E-state index in [1.165, 1.54) is 24.6 Å². The molecule has 1 unspecified atom stereocenters. The van der Waals surface area contributed by atoms with Crippen LogP contribution >= 0.6 is 11.8 Å². The van der Waals surface area contributed by atoms with Crippen LogP contribution in [0.3, 0.4) is 0 Å². The van der Waals surface area contributed by atoms with Crippen LogP contribution in [-0.4, -0.2) is 37.7 Å². The summed E-state index contributed by atoms with van der Waals surface area (Å²) >= 11 is 1.37. The summed E-state index contributed by atoms with van der Waals surface area (Å²) in [5, 5.41) is 15.4. The number of thioether (sulfide) groups is 1. The Morgan fingerprint density at radius 2 is 2.16 bits per heavy atom. The zero-order valence-corrected chi connectivity index (χ0v) is 14.8. The number of carbonyl (C=O) groups is 2. The summed E-state index contributed by atoms with van der Waals surface area (Å²) in [6.45, 7) is 1.85. The molecule has 0 spiro atoms. The van der Waals surface area contributed by atoms with Crippen LogP contribution in [0.5, 0.6) is 0 Å². The minimum Gasteiger partial charge on any atom is -0.325 e. The molecule has 130 valence electrons. The van der Waals surface area contributed by atoms with Gasteiger partial charge in [0, 0.05) is 11.3 Å². The van der Waals surface area contributed by atoms with E-state index in [1.54, 1.807) is 12.1 Å². The van der Waals surface area contributed by atoms with E-state index in [-0.39, 0.29) is 23.4 Å². The minimum atomic E-state index is -0.218. The van der Waals surface area contributed by atoms with Gasteiger partial charge in [-0.05, 0) is 54.0 Å². The van der Waals surface area contributed by atoms with Gasteiger partial charge in [-0.15, -0.1) is 5.10 Å². The Kier molecular flexibility index (Phi) is 4.29. The zero-order chi connectivity index (χ0) is 17.4. The van der Waals surface area contributed by atoms with Gasteiger partial charge in [-0.1, -0.05) is 24.6 Å². The van der Waals surface area contributed by atoms with Crippen LogP contribution in [0, 0.1) is 0 Å². The van der Waals surface area contributed by atoms with Gasteiger partial charge in [0.15, 0.2) is 5.78 Å². The Hall–Kier alpha value is -2.22. The fourth-order valence-corrected chi connectivity index (χ4v) is 4.30. The highest BCUT2D eigenvalue weighted by Crippen LogP contribution is 2.34. The zero-order valence-electron chi connectivity index (χ0n) is 13.9. The summed E-state index contributed by atoms with van der Waals surface area (Å²) in [5.41, 5.74) is 2.30. The Labute approximate surface area is 149 Å². The number of nitrogens with one attached hydrogen (secondary N) is 1. The average molecular weight is 357 g/mol. The molecule has 2 heterocycles. The van der Waals surface area contributed by atoms with Crippen molar-refractivity contribution < 1.29 is 9.59 Å². The molecule has 1 saturated carbocycles. The molecule has 1 fully saturated rings. The van der Waals surface area contributed by atoms with Crippen LogP contribution in [0.4, 0.5) is 5.69 Å². The molecule has 1 N–H and O–H groups in total. The summed E-state index contributed by atoms with van der Waals surface area (Å²) in [6, 6.07) is 5.74. The molecule has 1 aromatic heterocycles. The van der Waals surface area contributed by atoms with Gasteiger partial charge in [0.05, 0.1) is 17.7 Å². The summed E-state index contributed by atoms with van der Waals surface area (Å²) in [4.78, 5) is 24.3. The Morgan fingerprint density at radius 3 is 2.96 bits per heavy atom. The van der Waals surface area contributed by atoms with Gasteiger partial charge in [0.25, 0.3) is 0 Å². The van der Waals surface area contributed by atoms with Gasteiger partial charge < -0.3 is 5.32 Å². The average Bonchev–Trinajstić information content (AvgIpc) is 3.34. The third-order valence-corrected chi connectivity index (χ3v) is 5.89. The number of hydrogen-bond donors (Lipinski definition) is 1. The van der Waals surface area contributed by atoms with Crippen LogP contribution in [0.1, 0.15) is 60.5 Å². The van der Waals surface area contributed by atoms with Crippen molar-refractivity contribution in [2.45, 2.75) is 49.7 Å².